The highest BCUT2D eigenvalue weighted by Crippen LogP contribution is 2.30. The Kier molecular flexibility index (Phi) is 15.8. The Bertz CT molecular complexity index is 2560. The molecule has 1 unspecified atom stereocenters. The number of nitrogens with one attached hydrogen (secondary N) is 3. The Morgan fingerprint density at radius 2 is 1.58 bits per heavy atom. The molecule has 20 nitrogen and oxygen atoms in total. The van der Waals surface area contributed by atoms with Crippen molar-refractivity contribution in [3.63, 3.8) is 0 Å². The summed E-state index contributed by atoms with van der Waals surface area (Å²) in [4.78, 5) is 122. The Morgan fingerprint density at radius 1 is 0.855 bits per heavy atom. The highest BCUT2D eigenvalue weighted by Gasteiger charge is 2.45. The number of aromatic nitrogens is 2. The summed E-state index contributed by atoms with van der Waals surface area (Å²) < 4.78 is 36.2. The second-order valence-corrected chi connectivity index (χ2v) is 18.5. The van der Waals surface area contributed by atoms with E-state index in [0.717, 1.165) is 30.5 Å². The molecule has 7 rings (SSSR count). The summed E-state index contributed by atoms with van der Waals surface area (Å²) in [5, 5.41) is 7.71. The molecule has 8 amide bonds. The predicted octanol–water partition coefficient (Wildman–Crippen LogP) is 0.794. The zero-order valence-corrected chi connectivity index (χ0v) is 38.8. The molecule has 4 saturated heterocycles. The molecule has 4 aliphatic rings. The first-order chi connectivity index (χ1) is 32.9. The Morgan fingerprint density at radius 3 is 2.28 bits per heavy atom. The van der Waals surface area contributed by atoms with Crippen molar-refractivity contribution < 1.29 is 51.9 Å². The maximum Gasteiger partial charge on any atom is 0.409 e. The molecule has 22 heteroatoms. The van der Waals surface area contributed by atoms with Gasteiger partial charge < -0.3 is 41.5 Å². The van der Waals surface area contributed by atoms with Crippen molar-refractivity contribution in [1.29, 1.82) is 0 Å². The van der Waals surface area contributed by atoms with Gasteiger partial charge in [-0.3, -0.25) is 48.0 Å². The molecular formula is C47H60F2N10O10. The van der Waals surface area contributed by atoms with Crippen LogP contribution in [-0.4, -0.2) is 135 Å². The number of aryl methyl sites for hydroxylation is 2. The summed E-state index contributed by atoms with van der Waals surface area (Å²) in [6.45, 7) is 0.800. The van der Waals surface area contributed by atoms with Gasteiger partial charge in [0, 0.05) is 58.5 Å². The number of benzene rings is 2. The number of hydrogen-bond acceptors (Lipinski definition) is 11. The monoisotopic (exact) mass is 962 g/mol. The van der Waals surface area contributed by atoms with Crippen LogP contribution in [0.5, 0.6) is 0 Å². The van der Waals surface area contributed by atoms with Crippen LogP contribution in [0.3, 0.4) is 0 Å². The molecule has 1 aromatic heterocycles. The van der Waals surface area contributed by atoms with Crippen LogP contribution in [0.1, 0.15) is 87.8 Å². The molecule has 2 aromatic carbocycles. The van der Waals surface area contributed by atoms with Crippen LogP contribution < -0.4 is 33.1 Å². The summed E-state index contributed by atoms with van der Waals surface area (Å²) in [6, 6.07) is 2.79. The number of rotatable bonds is 15. The summed E-state index contributed by atoms with van der Waals surface area (Å²) in [6.07, 6.45) is 3.62. The van der Waals surface area contributed by atoms with Crippen molar-refractivity contribution in [1.82, 2.24) is 39.8 Å². The molecule has 0 saturated carbocycles. The van der Waals surface area contributed by atoms with Crippen LogP contribution in [0.2, 0.25) is 0 Å². The number of piperidine rings is 2. The first-order valence-electron chi connectivity index (χ1n) is 23.5. The summed E-state index contributed by atoms with van der Waals surface area (Å²) in [5.41, 5.74) is 13.8. The number of hydrogen-bond donors (Lipinski definition) is 5. The number of nitrogens with zero attached hydrogens (tertiary/aromatic N) is 5. The van der Waals surface area contributed by atoms with Gasteiger partial charge in [0.15, 0.2) is 11.6 Å². The lowest BCUT2D eigenvalue weighted by atomic mass is 9.90. The van der Waals surface area contributed by atoms with Gasteiger partial charge in [0.2, 0.25) is 41.4 Å². The molecule has 4 aliphatic heterocycles. The number of imide groups is 1. The van der Waals surface area contributed by atoms with E-state index in [0.29, 0.717) is 56.2 Å². The summed E-state index contributed by atoms with van der Waals surface area (Å²) in [7, 11) is 2.87. The number of likely N-dealkylation sites (tertiary alicyclic amines) is 1. The number of carbonyl (C=O) groups is 8. The maximum absolute atomic E-state index is 14.4. The number of ether oxygens (including phenoxy) is 1. The maximum atomic E-state index is 14.4. The standard InChI is InChI=1S/C47H60F2N10O10/c1-55-38-24-27(7-11-35(38)59(46(55)67)37-13-15-40(61)54-43(37)64)5-3-4-26-16-19-56(20-17-26)45(66)34(23-28-6-9-30(48)31(49)22-28)53-41(62)33(10-14-39(51)60)52-42(63)36-12-8-29-18-21-57(47(68)69-2)25-32(50)44(65)58(29)36/h6-7,9,11,22,24,26,29,32-34,36-37H,3-5,8,10,12-21,23,25,50H2,1-2H3,(H2,51,60)(H,52,63)(H,53,62)(H,54,61,64)/t29-,32+,33+,34+,36+,37?/m1/s1. The van der Waals surface area contributed by atoms with Crippen LogP contribution in [0.25, 0.3) is 11.0 Å². The molecule has 372 valence electrons. The molecule has 7 N–H and O–H groups in total. The topological polar surface area (TPSA) is 271 Å². The highest BCUT2D eigenvalue weighted by molar-refractivity contribution is 6.00. The zero-order chi connectivity index (χ0) is 49.7. The number of nitrogens with two attached hydrogens (primary N) is 2. The first-order valence-corrected chi connectivity index (χ1v) is 23.5. The minimum atomic E-state index is -1.39. The zero-order valence-electron chi connectivity index (χ0n) is 38.8. The fraction of sp³-hybridized carbons (Fsp3) is 0.553. The van der Waals surface area contributed by atoms with Gasteiger partial charge in [-0.25, -0.2) is 18.4 Å². The van der Waals surface area contributed by atoms with E-state index in [1.807, 2.05) is 18.2 Å². The van der Waals surface area contributed by atoms with Gasteiger partial charge in [0.1, 0.15) is 30.2 Å². The lowest BCUT2D eigenvalue weighted by Gasteiger charge is -2.37. The van der Waals surface area contributed by atoms with E-state index in [-0.39, 0.29) is 74.7 Å². The molecule has 3 aromatic rings. The van der Waals surface area contributed by atoms with Crippen molar-refractivity contribution in [2.24, 2.45) is 24.4 Å². The average Bonchev–Trinajstić information content (AvgIpc) is 3.85. The Hall–Kier alpha value is -6.71. The smallest absolute Gasteiger partial charge is 0.409 e. The fourth-order valence-electron chi connectivity index (χ4n) is 10.2. The first kappa shape index (κ1) is 50.2. The number of imidazole rings is 1. The van der Waals surface area contributed by atoms with Crippen LogP contribution in [-0.2, 0) is 58.2 Å². The third kappa shape index (κ3) is 11.4. The van der Waals surface area contributed by atoms with Crippen molar-refractivity contribution in [3.05, 3.63) is 69.6 Å². The second-order valence-electron chi connectivity index (χ2n) is 18.5. The molecule has 4 fully saturated rings. The van der Waals surface area contributed by atoms with E-state index in [1.54, 1.807) is 11.9 Å². The van der Waals surface area contributed by atoms with E-state index in [1.165, 1.54) is 32.1 Å². The molecule has 69 heavy (non-hydrogen) atoms. The minimum absolute atomic E-state index is 0.131. The molecule has 0 aliphatic carbocycles. The van der Waals surface area contributed by atoms with Crippen molar-refractivity contribution >= 4 is 58.5 Å². The van der Waals surface area contributed by atoms with Gasteiger partial charge in [0.05, 0.1) is 18.1 Å². The molecule has 0 bridgehead atoms. The number of primary amides is 1. The van der Waals surface area contributed by atoms with Crippen molar-refractivity contribution in [2.75, 3.05) is 33.3 Å². The van der Waals surface area contributed by atoms with Gasteiger partial charge in [0.25, 0.3) is 0 Å². The quantitative estimate of drug-likeness (QED) is 0.133. The van der Waals surface area contributed by atoms with E-state index in [2.05, 4.69) is 16.0 Å². The summed E-state index contributed by atoms with van der Waals surface area (Å²) >= 11 is 0. The third-order valence-electron chi connectivity index (χ3n) is 14.0. The van der Waals surface area contributed by atoms with Crippen LogP contribution in [0.4, 0.5) is 13.6 Å². The lowest BCUT2D eigenvalue weighted by Crippen LogP contribution is -2.61. The van der Waals surface area contributed by atoms with E-state index < -0.39 is 89.4 Å². The number of methoxy groups -OCH3 is 1. The van der Waals surface area contributed by atoms with E-state index >= 15 is 0 Å². The average molecular weight is 963 g/mol. The molecule has 0 radical (unpaired) electrons. The van der Waals surface area contributed by atoms with Gasteiger partial charge in [-0.2, -0.15) is 0 Å². The highest BCUT2D eigenvalue weighted by atomic mass is 19.2. The van der Waals surface area contributed by atoms with Crippen LogP contribution in [0.15, 0.2) is 41.2 Å². The predicted molar refractivity (Wildman–Crippen MR) is 243 cm³/mol. The SMILES string of the molecule is COC(=O)N1CC[C@H]2CC[C@@H](C(=O)N[C@@H](CCC(N)=O)C(=O)N[C@@H](Cc3ccc(F)c(F)c3)C(=O)N3CCC(CCCc4ccc5c(c4)n(C)c(=O)n5C4CCC(=O)NC4=O)CC3)N2C(=O)[C@@H](N)C1. The van der Waals surface area contributed by atoms with Crippen LogP contribution in [0, 0.1) is 17.6 Å². The van der Waals surface area contributed by atoms with Crippen molar-refractivity contribution in [2.45, 2.75) is 120 Å². The van der Waals surface area contributed by atoms with Gasteiger partial charge >= 0.3 is 11.8 Å². The third-order valence-corrected chi connectivity index (χ3v) is 14.0. The number of halogens is 2. The van der Waals surface area contributed by atoms with Gasteiger partial charge in [-0.1, -0.05) is 12.1 Å². The Labute approximate surface area is 396 Å². The number of fused-ring (bicyclic) bond motifs is 2. The van der Waals surface area contributed by atoms with Gasteiger partial charge in [-0.15, -0.1) is 0 Å². The molecule has 6 atom stereocenters. The molecular weight excluding hydrogens is 903 g/mol. The van der Waals surface area contributed by atoms with E-state index in [4.69, 9.17) is 16.2 Å². The number of amides is 8. The Balaban J connectivity index is 0.987. The fourth-order valence-corrected chi connectivity index (χ4v) is 10.2. The van der Waals surface area contributed by atoms with E-state index in [9.17, 15) is 51.9 Å². The van der Waals surface area contributed by atoms with Crippen LogP contribution >= 0.6 is 0 Å². The normalized spacial score (nSPS) is 22.0. The lowest BCUT2D eigenvalue weighted by molar-refractivity contribution is -0.143. The molecule has 5 heterocycles. The van der Waals surface area contributed by atoms with Gasteiger partial charge in [-0.05, 0) is 106 Å². The molecule has 0 spiro atoms. The second kappa shape index (κ2) is 21.7. The largest absolute Gasteiger partial charge is 0.453 e. The minimum Gasteiger partial charge on any atom is -0.453 e. The summed E-state index contributed by atoms with van der Waals surface area (Å²) in [5.74, 6) is -6.14. The number of carbonyl (C=O) groups excluding carboxylic acids is 8. The van der Waals surface area contributed by atoms with Crippen molar-refractivity contribution in [3.8, 4) is 0 Å².